The highest BCUT2D eigenvalue weighted by molar-refractivity contribution is 6.18. The van der Waals surface area contributed by atoms with Crippen LogP contribution in [0.5, 0.6) is 0 Å². The van der Waals surface area contributed by atoms with E-state index in [9.17, 15) is 9.59 Å². The van der Waals surface area contributed by atoms with E-state index in [0.29, 0.717) is 6.61 Å². The normalized spacial score (nSPS) is 16.3. The maximum Gasteiger partial charge on any atom is 0.344 e. The Hall–Kier alpha value is -1.32. The number of Topliss-reactive ketones (excluding diaryl/α,β-unsaturated/α-hetero) is 1. The summed E-state index contributed by atoms with van der Waals surface area (Å²) in [6.45, 7) is 2.21. The predicted octanol–water partition coefficient (Wildman–Crippen LogP) is 1.06. The van der Waals surface area contributed by atoms with Gasteiger partial charge in [0.2, 0.25) is 0 Å². The van der Waals surface area contributed by atoms with Gasteiger partial charge in [-0.2, -0.15) is 0 Å². The van der Waals surface area contributed by atoms with E-state index < -0.39 is 5.97 Å². The van der Waals surface area contributed by atoms with Gasteiger partial charge in [0.05, 0.1) is 13.7 Å². The van der Waals surface area contributed by atoms with Gasteiger partial charge in [-0.05, 0) is 19.8 Å². The predicted molar refractivity (Wildman–Crippen MR) is 49.5 cm³/mol. The third-order valence-corrected chi connectivity index (χ3v) is 1.99. The molecule has 0 aliphatic heterocycles. The fourth-order valence-corrected chi connectivity index (χ4v) is 1.05. The summed E-state index contributed by atoms with van der Waals surface area (Å²) in [7, 11) is 1.25. The largest absolute Gasteiger partial charge is 0.500 e. The Morgan fingerprint density at radius 3 is 2.50 bits per heavy atom. The Kier molecular flexibility index (Phi) is 3.68. The van der Waals surface area contributed by atoms with Crippen LogP contribution in [0.2, 0.25) is 0 Å². The second kappa shape index (κ2) is 4.79. The molecule has 1 aliphatic carbocycles. The van der Waals surface area contributed by atoms with Crippen molar-refractivity contribution < 1.29 is 19.1 Å². The van der Waals surface area contributed by atoms with E-state index in [2.05, 4.69) is 4.74 Å². The fourth-order valence-electron chi connectivity index (χ4n) is 1.05. The van der Waals surface area contributed by atoms with Crippen molar-refractivity contribution in [1.82, 2.24) is 0 Å². The van der Waals surface area contributed by atoms with E-state index in [1.807, 2.05) is 0 Å². The highest BCUT2D eigenvalue weighted by Crippen LogP contribution is 2.32. The summed E-state index contributed by atoms with van der Waals surface area (Å²) in [4.78, 5) is 22.8. The molecule has 0 aromatic heterocycles. The van der Waals surface area contributed by atoms with Crippen LogP contribution in [0.15, 0.2) is 11.8 Å². The number of hydrogen-bond acceptors (Lipinski definition) is 4. The standard InChI is InChI=1S/C10H14O4/c1-3-14-6-8(10(12)13-2)9(11)7-4-5-7/h6-7H,3-5H2,1-2H3. The zero-order valence-electron chi connectivity index (χ0n) is 8.41. The molecule has 14 heavy (non-hydrogen) atoms. The lowest BCUT2D eigenvalue weighted by molar-refractivity contribution is -0.138. The number of hydrogen-bond donors (Lipinski definition) is 0. The molecule has 0 aromatic carbocycles. The SMILES string of the molecule is CCOC=C(C(=O)OC)C(=O)C1CC1. The average molecular weight is 198 g/mol. The van der Waals surface area contributed by atoms with Gasteiger partial charge < -0.3 is 9.47 Å². The van der Waals surface area contributed by atoms with Crippen LogP contribution in [0, 0.1) is 5.92 Å². The van der Waals surface area contributed by atoms with Crippen LogP contribution in [-0.4, -0.2) is 25.5 Å². The van der Waals surface area contributed by atoms with Crippen LogP contribution in [0.4, 0.5) is 0 Å². The van der Waals surface area contributed by atoms with Gasteiger partial charge >= 0.3 is 5.97 Å². The summed E-state index contributed by atoms with van der Waals surface area (Å²) in [5, 5.41) is 0. The molecule has 0 radical (unpaired) electrons. The van der Waals surface area contributed by atoms with Crippen molar-refractivity contribution in [2.75, 3.05) is 13.7 Å². The van der Waals surface area contributed by atoms with E-state index >= 15 is 0 Å². The zero-order valence-corrected chi connectivity index (χ0v) is 8.41. The molecule has 4 nitrogen and oxygen atoms in total. The lowest BCUT2D eigenvalue weighted by Crippen LogP contribution is -2.16. The number of ether oxygens (including phenoxy) is 2. The minimum Gasteiger partial charge on any atom is -0.500 e. The molecule has 1 fully saturated rings. The Labute approximate surface area is 82.9 Å². The Bertz CT molecular complexity index is 263. The summed E-state index contributed by atoms with van der Waals surface area (Å²) in [6.07, 6.45) is 2.92. The number of carbonyl (C=O) groups excluding carboxylic acids is 2. The number of esters is 1. The number of methoxy groups -OCH3 is 1. The van der Waals surface area contributed by atoms with Gasteiger partial charge in [-0.3, -0.25) is 4.79 Å². The third-order valence-electron chi connectivity index (χ3n) is 1.99. The summed E-state index contributed by atoms with van der Waals surface area (Å²) < 4.78 is 9.43. The molecule has 0 amide bonds. The maximum atomic E-state index is 11.6. The first-order chi connectivity index (χ1) is 6.70. The van der Waals surface area contributed by atoms with Crippen molar-refractivity contribution in [1.29, 1.82) is 0 Å². The van der Waals surface area contributed by atoms with Crippen LogP contribution in [0.3, 0.4) is 0 Å². The molecule has 0 spiro atoms. The van der Waals surface area contributed by atoms with Crippen molar-refractivity contribution in [2.45, 2.75) is 19.8 Å². The quantitative estimate of drug-likeness (QED) is 0.218. The van der Waals surface area contributed by atoms with Crippen molar-refractivity contribution in [3.63, 3.8) is 0 Å². The monoisotopic (exact) mass is 198 g/mol. The Morgan fingerprint density at radius 1 is 1.43 bits per heavy atom. The highest BCUT2D eigenvalue weighted by atomic mass is 16.5. The summed E-state index contributed by atoms with van der Waals surface area (Å²) in [5.74, 6) is -0.776. The van der Waals surface area contributed by atoms with E-state index in [4.69, 9.17) is 4.74 Å². The molecule has 0 saturated heterocycles. The Morgan fingerprint density at radius 2 is 2.07 bits per heavy atom. The molecule has 78 valence electrons. The second-order valence-electron chi connectivity index (χ2n) is 3.12. The maximum absolute atomic E-state index is 11.6. The number of ketones is 1. The van der Waals surface area contributed by atoms with Crippen molar-refractivity contribution in [3.8, 4) is 0 Å². The molecule has 1 saturated carbocycles. The highest BCUT2D eigenvalue weighted by Gasteiger charge is 2.35. The summed E-state index contributed by atoms with van der Waals surface area (Å²) in [6, 6.07) is 0. The minimum atomic E-state index is -0.615. The van der Waals surface area contributed by atoms with Gasteiger partial charge in [0.15, 0.2) is 5.78 Å². The fraction of sp³-hybridized carbons (Fsp3) is 0.600. The van der Waals surface area contributed by atoms with Crippen LogP contribution < -0.4 is 0 Å². The van der Waals surface area contributed by atoms with Gasteiger partial charge in [0.1, 0.15) is 11.8 Å². The van der Waals surface area contributed by atoms with Gasteiger partial charge in [0.25, 0.3) is 0 Å². The molecule has 0 heterocycles. The van der Waals surface area contributed by atoms with Crippen molar-refractivity contribution in [2.24, 2.45) is 5.92 Å². The van der Waals surface area contributed by atoms with Gasteiger partial charge in [0, 0.05) is 5.92 Å². The third kappa shape index (κ3) is 2.58. The van der Waals surface area contributed by atoms with E-state index in [0.717, 1.165) is 12.8 Å². The van der Waals surface area contributed by atoms with Crippen LogP contribution in [-0.2, 0) is 19.1 Å². The van der Waals surface area contributed by atoms with E-state index in [-0.39, 0.29) is 17.3 Å². The first-order valence-electron chi connectivity index (χ1n) is 4.65. The van der Waals surface area contributed by atoms with Crippen LogP contribution in [0.1, 0.15) is 19.8 Å². The first kappa shape index (κ1) is 10.8. The molecule has 4 heteroatoms. The summed E-state index contributed by atoms with van der Waals surface area (Å²) in [5.41, 5.74) is 0.0249. The zero-order chi connectivity index (χ0) is 10.6. The molecular formula is C10H14O4. The van der Waals surface area contributed by atoms with Crippen LogP contribution in [0.25, 0.3) is 0 Å². The molecular weight excluding hydrogens is 184 g/mol. The Balaban J connectivity index is 2.69. The van der Waals surface area contributed by atoms with E-state index in [1.54, 1.807) is 6.92 Å². The van der Waals surface area contributed by atoms with Gasteiger partial charge in [-0.1, -0.05) is 0 Å². The smallest absolute Gasteiger partial charge is 0.344 e. The first-order valence-corrected chi connectivity index (χ1v) is 4.65. The van der Waals surface area contributed by atoms with E-state index in [1.165, 1.54) is 13.4 Å². The number of rotatable bonds is 5. The molecule has 0 bridgehead atoms. The van der Waals surface area contributed by atoms with Crippen LogP contribution >= 0.6 is 0 Å². The minimum absolute atomic E-state index is 0.000746. The molecule has 0 aromatic rings. The molecule has 1 aliphatic rings. The molecule has 0 atom stereocenters. The second-order valence-corrected chi connectivity index (χ2v) is 3.12. The van der Waals surface area contributed by atoms with Crippen molar-refractivity contribution >= 4 is 11.8 Å². The van der Waals surface area contributed by atoms with Gasteiger partial charge in [-0.15, -0.1) is 0 Å². The topological polar surface area (TPSA) is 52.6 Å². The lowest BCUT2D eigenvalue weighted by atomic mass is 10.1. The molecule has 0 unspecified atom stereocenters. The number of carbonyl (C=O) groups is 2. The average Bonchev–Trinajstić information content (AvgIpc) is 3.00. The molecule has 1 rings (SSSR count). The lowest BCUT2D eigenvalue weighted by Gasteiger charge is -2.03. The summed E-state index contributed by atoms with van der Waals surface area (Å²) >= 11 is 0. The van der Waals surface area contributed by atoms with Crippen molar-refractivity contribution in [3.05, 3.63) is 11.8 Å². The van der Waals surface area contributed by atoms with Gasteiger partial charge in [-0.25, -0.2) is 4.79 Å². The molecule has 0 N–H and O–H groups in total.